The van der Waals surface area contributed by atoms with Gasteiger partial charge in [-0.2, -0.15) is 0 Å². The van der Waals surface area contributed by atoms with Crippen LogP contribution in [-0.4, -0.2) is 50.7 Å². The van der Waals surface area contributed by atoms with Gasteiger partial charge in [0.25, 0.3) is 0 Å². The monoisotopic (exact) mass is 317 g/mol. The summed E-state index contributed by atoms with van der Waals surface area (Å²) in [5, 5.41) is 8.37. The molecule has 2 amide bonds. The normalized spacial score (nSPS) is 13.8. The molecule has 1 aliphatic rings. The van der Waals surface area contributed by atoms with Crippen molar-refractivity contribution in [2.24, 2.45) is 0 Å². The molecule has 1 aliphatic heterocycles. The van der Waals surface area contributed by atoms with Crippen molar-refractivity contribution >= 4 is 6.03 Å². The Morgan fingerprint density at radius 3 is 2.83 bits per heavy atom. The Bertz CT molecular complexity index is 714. The molecule has 7 heteroatoms. The van der Waals surface area contributed by atoms with Crippen molar-refractivity contribution in [2.75, 3.05) is 20.1 Å². The van der Waals surface area contributed by atoms with Gasteiger partial charge in [-0.15, -0.1) is 10.2 Å². The SMILES string of the molecule is CCN(C)C(=O)N1CCn2c(Cc3ccccc3F)nnc2C1. The van der Waals surface area contributed by atoms with Crippen LogP contribution in [0.4, 0.5) is 9.18 Å². The first kappa shape index (κ1) is 15.5. The summed E-state index contributed by atoms with van der Waals surface area (Å²) in [6, 6.07) is 6.69. The van der Waals surface area contributed by atoms with Gasteiger partial charge in [-0.05, 0) is 18.6 Å². The third kappa shape index (κ3) is 3.04. The first-order chi connectivity index (χ1) is 11.1. The molecule has 6 nitrogen and oxygen atoms in total. The van der Waals surface area contributed by atoms with E-state index < -0.39 is 0 Å². The number of hydrogen-bond acceptors (Lipinski definition) is 3. The maximum Gasteiger partial charge on any atom is 0.320 e. The first-order valence-corrected chi connectivity index (χ1v) is 7.74. The second-order valence-corrected chi connectivity index (χ2v) is 5.67. The Morgan fingerprint density at radius 1 is 1.30 bits per heavy atom. The molecular weight excluding hydrogens is 297 g/mol. The minimum atomic E-state index is -0.234. The summed E-state index contributed by atoms with van der Waals surface area (Å²) in [4.78, 5) is 15.7. The lowest BCUT2D eigenvalue weighted by Crippen LogP contribution is -2.45. The molecule has 0 saturated carbocycles. The second-order valence-electron chi connectivity index (χ2n) is 5.67. The average Bonchev–Trinajstić information content (AvgIpc) is 2.97. The number of nitrogens with zero attached hydrogens (tertiary/aromatic N) is 5. The van der Waals surface area contributed by atoms with Gasteiger partial charge < -0.3 is 14.4 Å². The number of carbonyl (C=O) groups excluding carboxylic acids is 1. The van der Waals surface area contributed by atoms with Crippen LogP contribution in [0.5, 0.6) is 0 Å². The van der Waals surface area contributed by atoms with Crippen molar-refractivity contribution in [1.82, 2.24) is 24.6 Å². The van der Waals surface area contributed by atoms with Crippen molar-refractivity contribution in [3.63, 3.8) is 0 Å². The van der Waals surface area contributed by atoms with Gasteiger partial charge >= 0.3 is 6.03 Å². The second kappa shape index (κ2) is 6.36. The molecule has 0 bridgehead atoms. The molecular formula is C16H20FN5O. The van der Waals surface area contributed by atoms with Crippen LogP contribution in [0.3, 0.4) is 0 Å². The molecule has 0 fully saturated rings. The van der Waals surface area contributed by atoms with E-state index in [9.17, 15) is 9.18 Å². The molecule has 2 aromatic rings. The van der Waals surface area contributed by atoms with Crippen LogP contribution in [-0.2, 0) is 19.5 Å². The number of fused-ring (bicyclic) bond motifs is 1. The van der Waals surface area contributed by atoms with Crippen LogP contribution in [0.2, 0.25) is 0 Å². The Morgan fingerprint density at radius 2 is 2.09 bits per heavy atom. The largest absolute Gasteiger partial charge is 0.328 e. The minimum Gasteiger partial charge on any atom is -0.328 e. The Hall–Kier alpha value is -2.44. The molecule has 23 heavy (non-hydrogen) atoms. The summed E-state index contributed by atoms with van der Waals surface area (Å²) in [7, 11) is 1.78. The number of rotatable bonds is 3. The fourth-order valence-electron chi connectivity index (χ4n) is 2.70. The zero-order valence-corrected chi connectivity index (χ0v) is 13.4. The zero-order chi connectivity index (χ0) is 16.4. The lowest BCUT2D eigenvalue weighted by atomic mass is 10.1. The number of amides is 2. The topological polar surface area (TPSA) is 54.3 Å². The third-order valence-electron chi connectivity index (χ3n) is 4.21. The van der Waals surface area contributed by atoms with Gasteiger partial charge in [0, 0.05) is 33.1 Å². The summed E-state index contributed by atoms with van der Waals surface area (Å²) in [5.74, 6) is 1.25. The summed E-state index contributed by atoms with van der Waals surface area (Å²) in [6.45, 7) is 4.29. The van der Waals surface area contributed by atoms with E-state index in [1.165, 1.54) is 6.07 Å². The summed E-state index contributed by atoms with van der Waals surface area (Å²) >= 11 is 0. The molecule has 2 heterocycles. The first-order valence-electron chi connectivity index (χ1n) is 7.74. The van der Waals surface area contributed by atoms with Gasteiger partial charge in [0.15, 0.2) is 5.82 Å². The fraction of sp³-hybridized carbons (Fsp3) is 0.438. The van der Waals surface area contributed by atoms with Crippen molar-refractivity contribution < 1.29 is 9.18 Å². The van der Waals surface area contributed by atoms with E-state index in [4.69, 9.17) is 0 Å². The zero-order valence-electron chi connectivity index (χ0n) is 13.4. The third-order valence-corrected chi connectivity index (χ3v) is 4.21. The summed E-state index contributed by atoms with van der Waals surface area (Å²) in [6.07, 6.45) is 0.405. The minimum absolute atomic E-state index is 0.00240. The molecule has 1 aromatic heterocycles. The number of aromatic nitrogens is 3. The maximum atomic E-state index is 13.8. The molecule has 0 aliphatic carbocycles. The smallest absolute Gasteiger partial charge is 0.320 e. The highest BCUT2D eigenvalue weighted by Gasteiger charge is 2.26. The lowest BCUT2D eigenvalue weighted by molar-refractivity contribution is 0.150. The number of benzene rings is 1. The molecule has 0 atom stereocenters. The molecule has 0 unspecified atom stereocenters. The Kier molecular flexibility index (Phi) is 4.27. The van der Waals surface area contributed by atoms with Crippen molar-refractivity contribution in [2.45, 2.75) is 26.4 Å². The quantitative estimate of drug-likeness (QED) is 0.869. The standard InChI is InChI=1S/C16H20FN5O/c1-3-20(2)16(23)21-8-9-22-14(18-19-15(22)11-21)10-12-6-4-5-7-13(12)17/h4-7H,3,8-11H2,1-2H3. The van der Waals surface area contributed by atoms with E-state index in [1.54, 1.807) is 29.0 Å². The van der Waals surface area contributed by atoms with E-state index in [1.807, 2.05) is 17.6 Å². The highest BCUT2D eigenvalue weighted by atomic mass is 19.1. The van der Waals surface area contributed by atoms with E-state index in [0.29, 0.717) is 38.2 Å². The van der Waals surface area contributed by atoms with Crippen LogP contribution in [0.15, 0.2) is 24.3 Å². The van der Waals surface area contributed by atoms with Gasteiger partial charge in [0.1, 0.15) is 11.6 Å². The Labute approximate surface area is 134 Å². The van der Waals surface area contributed by atoms with Crippen molar-refractivity contribution in [3.8, 4) is 0 Å². The van der Waals surface area contributed by atoms with Crippen LogP contribution >= 0.6 is 0 Å². The van der Waals surface area contributed by atoms with Crippen molar-refractivity contribution in [1.29, 1.82) is 0 Å². The summed E-state index contributed by atoms with van der Waals surface area (Å²) in [5.41, 5.74) is 0.604. The van der Waals surface area contributed by atoms with Gasteiger partial charge in [-0.1, -0.05) is 18.2 Å². The van der Waals surface area contributed by atoms with E-state index in [0.717, 1.165) is 11.6 Å². The maximum absolute atomic E-state index is 13.8. The highest BCUT2D eigenvalue weighted by Crippen LogP contribution is 2.17. The van der Waals surface area contributed by atoms with Gasteiger partial charge in [-0.25, -0.2) is 9.18 Å². The van der Waals surface area contributed by atoms with Crippen molar-refractivity contribution in [3.05, 3.63) is 47.3 Å². The van der Waals surface area contributed by atoms with Crippen LogP contribution < -0.4 is 0 Å². The fourth-order valence-corrected chi connectivity index (χ4v) is 2.70. The van der Waals surface area contributed by atoms with Crippen LogP contribution in [0.1, 0.15) is 24.1 Å². The highest BCUT2D eigenvalue weighted by molar-refractivity contribution is 5.74. The molecule has 1 aromatic carbocycles. The molecule has 3 rings (SSSR count). The molecule has 0 radical (unpaired) electrons. The number of carbonyl (C=O) groups is 1. The van der Waals surface area contributed by atoms with Gasteiger partial charge in [0.05, 0.1) is 6.54 Å². The summed E-state index contributed by atoms with van der Waals surface area (Å²) < 4.78 is 15.8. The molecule has 0 N–H and O–H groups in total. The number of halogens is 1. The number of urea groups is 1. The van der Waals surface area contributed by atoms with E-state index in [-0.39, 0.29) is 11.8 Å². The molecule has 0 spiro atoms. The molecule has 122 valence electrons. The van der Waals surface area contributed by atoms with Gasteiger partial charge in [-0.3, -0.25) is 0 Å². The van der Waals surface area contributed by atoms with E-state index >= 15 is 0 Å². The van der Waals surface area contributed by atoms with E-state index in [2.05, 4.69) is 10.2 Å². The average molecular weight is 317 g/mol. The van der Waals surface area contributed by atoms with Crippen LogP contribution in [0, 0.1) is 5.82 Å². The molecule has 0 saturated heterocycles. The lowest BCUT2D eigenvalue weighted by Gasteiger charge is -2.31. The predicted molar refractivity (Wildman–Crippen MR) is 83.3 cm³/mol. The Balaban J connectivity index is 1.76. The van der Waals surface area contributed by atoms with Gasteiger partial charge in [0.2, 0.25) is 0 Å². The number of hydrogen-bond donors (Lipinski definition) is 0. The predicted octanol–water partition coefficient (Wildman–Crippen LogP) is 1.90. The van der Waals surface area contributed by atoms with Crippen LogP contribution in [0.25, 0.3) is 0 Å².